The first-order chi connectivity index (χ1) is 8.00. The summed E-state index contributed by atoms with van der Waals surface area (Å²) in [6.07, 6.45) is 2.72. The normalized spacial score (nSPS) is 11.5. The van der Waals surface area contributed by atoms with Crippen LogP contribution < -0.4 is 5.73 Å². The van der Waals surface area contributed by atoms with Crippen LogP contribution in [-0.2, 0) is 0 Å². The molecule has 0 bridgehead atoms. The minimum Gasteiger partial charge on any atom is -0.357 e. The number of aromatic nitrogens is 1. The van der Waals surface area contributed by atoms with Crippen molar-refractivity contribution in [2.75, 3.05) is 19.6 Å². The van der Waals surface area contributed by atoms with Gasteiger partial charge in [0.15, 0.2) is 0 Å². The highest BCUT2D eigenvalue weighted by atomic mass is 16.2. The lowest BCUT2D eigenvalue weighted by Gasteiger charge is -2.31. The van der Waals surface area contributed by atoms with Gasteiger partial charge in [-0.05, 0) is 30.5 Å². The highest BCUT2D eigenvalue weighted by molar-refractivity contribution is 5.92. The molecule has 1 amide bonds. The lowest BCUT2D eigenvalue weighted by Crippen LogP contribution is -2.42. The van der Waals surface area contributed by atoms with Gasteiger partial charge in [-0.2, -0.15) is 0 Å². The molecule has 0 aromatic carbocycles. The largest absolute Gasteiger partial charge is 0.357 e. The summed E-state index contributed by atoms with van der Waals surface area (Å²) in [5, 5.41) is 0. The van der Waals surface area contributed by atoms with Crippen LogP contribution in [0.2, 0.25) is 0 Å². The monoisotopic (exact) mass is 237 g/mol. The number of nitrogens with one attached hydrogen (secondary N) is 1. The van der Waals surface area contributed by atoms with Crippen LogP contribution in [0.4, 0.5) is 0 Å². The van der Waals surface area contributed by atoms with E-state index in [9.17, 15) is 4.79 Å². The lowest BCUT2D eigenvalue weighted by atomic mass is 9.93. The first-order valence-electron chi connectivity index (χ1n) is 6.13. The molecule has 0 radical (unpaired) electrons. The number of nitrogens with two attached hydrogens (primary N) is 1. The molecule has 4 heteroatoms. The highest BCUT2D eigenvalue weighted by Crippen LogP contribution is 2.16. The van der Waals surface area contributed by atoms with E-state index in [4.69, 9.17) is 5.73 Å². The molecule has 0 atom stereocenters. The number of H-pyrrole nitrogens is 1. The average molecular weight is 237 g/mol. The van der Waals surface area contributed by atoms with E-state index in [0.29, 0.717) is 18.8 Å². The predicted molar refractivity (Wildman–Crippen MR) is 69.8 cm³/mol. The van der Waals surface area contributed by atoms with Gasteiger partial charge >= 0.3 is 0 Å². The van der Waals surface area contributed by atoms with E-state index in [2.05, 4.69) is 25.8 Å². The SMILES string of the molecule is CCCN(CC(C)(C)CN)C(=O)c1ccc[nH]1. The number of carbonyl (C=O) groups is 1. The van der Waals surface area contributed by atoms with Crippen molar-refractivity contribution in [2.24, 2.45) is 11.1 Å². The molecule has 17 heavy (non-hydrogen) atoms. The van der Waals surface area contributed by atoms with Crippen molar-refractivity contribution in [1.29, 1.82) is 0 Å². The maximum Gasteiger partial charge on any atom is 0.270 e. The maximum absolute atomic E-state index is 12.2. The van der Waals surface area contributed by atoms with Gasteiger partial charge in [-0.25, -0.2) is 0 Å². The minimum atomic E-state index is -0.0442. The molecule has 1 aromatic rings. The molecule has 1 rings (SSSR count). The summed E-state index contributed by atoms with van der Waals surface area (Å²) in [6, 6.07) is 3.64. The Morgan fingerprint density at radius 1 is 1.53 bits per heavy atom. The molecule has 0 unspecified atom stereocenters. The zero-order valence-corrected chi connectivity index (χ0v) is 11.0. The topological polar surface area (TPSA) is 62.1 Å². The molecule has 0 aliphatic rings. The van der Waals surface area contributed by atoms with Crippen LogP contribution in [0, 0.1) is 5.41 Å². The number of carbonyl (C=O) groups excluding carboxylic acids is 1. The van der Waals surface area contributed by atoms with Crippen molar-refractivity contribution in [3.05, 3.63) is 24.0 Å². The maximum atomic E-state index is 12.2. The van der Waals surface area contributed by atoms with E-state index in [-0.39, 0.29) is 11.3 Å². The summed E-state index contributed by atoms with van der Waals surface area (Å²) in [4.78, 5) is 17.1. The van der Waals surface area contributed by atoms with E-state index in [1.807, 2.05) is 11.0 Å². The Morgan fingerprint density at radius 2 is 2.24 bits per heavy atom. The zero-order chi connectivity index (χ0) is 12.9. The van der Waals surface area contributed by atoms with Crippen LogP contribution in [-0.4, -0.2) is 35.4 Å². The lowest BCUT2D eigenvalue weighted by molar-refractivity contribution is 0.0684. The second kappa shape index (κ2) is 5.87. The second-order valence-electron chi connectivity index (χ2n) is 5.18. The molecule has 0 spiro atoms. The van der Waals surface area contributed by atoms with Gasteiger partial charge < -0.3 is 15.6 Å². The average Bonchev–Trinajstić information content (AvgIpc) is 2.81. The number of hydrogen-bond acceptors (Lipinski definition) is 2. The Labute approximate surface area is 103 Å². The molecule has 96 valence electrons. The molecule has 0 aliphatic heterocycles. The predicted octanol–water partition coefficient (Wildman–Crippen LogP) is 1.85. The Balaban J connectivity index is 2.75. The van der Waals surface area contributed by atoms with Gasteiger partial charge in [0.25, 0.3) is 5.91 Å². The Hall–Kier alpha value is -1.29. The molecule has 0 fully saturated rings. The number of amides is 1. The number of aromatic amines is 1. The standard InChI is InChI=1S/C13H23N3O/c1-4-8-16(10-13(2,3)9-14)12(17)11-6-5-7-15-11/h5-7,15H,4,8-10,14H2,1-3H3. The quantitative estimate of drug-likeness (QED) is 0.793. The first kappa shape index (κ1) is 13.8. The van der Waals surface area contributed by atoms with Gasteiger partial charge in [-0.15, -0.1) is 0 Å². The van der Waals surface area contributed by atoms with Crippen LogP contribution in [0.25, 0.3) is 0 Å². The van der Waals surface area contributed by atoms with E-state index in [1.54, 1.807) is 12.3 Å². The highest BCUT2D eigenvalue weighted by Gasteiger charge is 2.24. The molecule has 0 aliphatic carbocycles. The van der Waals surface area contributed by atoms with Gasteiger partial charge in [0.05, 0.1) is 0 Å². The van der Waals surface area contributed by atoms with E-state index in [1.165, 1.54) is 0 Å². The van der Waals surface area contributed by atoms with Crippen LogP contribution >= 0.6 is 0 Å². The third-order valence-electron chi connectivity index (χ3n) is 2.78. The van der Waals surface area contributed by atoms with Crippen molar-refractivity contribution in [3.63, 3.8) is 0 Å². The van der Waals surface area contributed by atoms with Crippen LogP contribution in [0.3, 0.4) is 0 Å². The molecule has 3 N–H and O–H groups in total. The smallest absolute Gasteiger partial charge is 0.270 e. The minimum absolute atomic E-state index is 0.0442. The summed E-state index contributed by atoms with van der Waals surface area (Å²) in [5.41, 5.74) is 6.32. The van der Waals surface area contributed by atoms with Gasteiger partial charge in [0.1, 0.15) is 5.69 Å². The molecule has 0 saturated heterocycles. The van der Waals surface area contributed by atoms with Crippen molar-refractivity contribution < 1.29 is 4.79 Å². The fraction of sp³-hybridized carbons (Fsp3) is 0.615. The zero-order valence-electron chi connectivity index (χ0n) is 11.0. The molecule has 4 nitrogen and oxygen atoms in total. The summed E-state index contributed by atoms with van der Waals surface area (Å²) >= 11 is 0. The molecular weight excluding hydrogens is 214 g/mol. The van der Waals surface area contributed by atoms with E-state index in [0.717, 1.165) is 13.0 Å². The second-order valence-corrected chi connectivity index (χ2v) is 5.18. The number of rotatable bonds is 6. The van der Waals surface area contributed by atoms with Crippen molar-refractivity contribution in [2.45, 2.75) is 27.2 Å². The van der Waals surface area contributed by atoms with Gasteiger partial charge in [-0.3, -0.25) is 4.79 Å². The summed E-state index contributed by atoms with van der Waals surface area (Å²) in [5.74, 6) is 0.0541. The van der Waals surface area contributed by atoms with E-state index < -0.39 is 0 Å². The summed E-state index contributed by atoms with van der Waals surface area (Å²) in [7, 11) is 0. The number of hydrogen-bond donors (Lipinski definition) is 2. The van der Waals surface area contributed by atoms with Gasteiger partial charge in [0, 0.05) is 19.3 Å². The van der Waals surface area contributed by atoms with Crippen LogP contribution in [0.15, 0.2) is 18.3 Å². The third kappa shape index (κ3) is 3.89. The fourth-order valence-corrected chi connectivity index (χ4v) is 1.74. The molecular formula is C13H23N3O. The van der Waals surface area contributed by atoms with Gasteiger partial charge in [-0.1, -0.05) is 20.8 Å². The Kier molecular flexibility index (Phi) is 4.75. The van der Waals surface area contributed by atoms with Crippen molar-refractivity contribution in [3.8, 4) is 0 Å². The molecule has 1 aromatic heterocycles. The first-order valence-corrected chi connectivity index (χ1v) is 6.13. The summed E-state index contributed by atoms with van der Waals surface area (Å²) < 4.78 is 0. The molecule has 0 saturated carbocycles. The van der Waals surface area contributed by atoms with E-state index >= 15 is 0 Å². The Bertz CT molecular complexity index is 344. The Morgan fingerprint density at radius 3 is 2.71 bits per heavy atom. The fourth-order valence-electron chi connectivity index (χ4n) is 1.74. The van der Waals surface area contributed by atoms with Crippen LogP contribution in [0.5, 0.6) is 0 Å². The van der Waals surface area contributed by atoms with Gasteiger partial charge in [0.2, 0.25) is 0 Å². The van der Waals surface area contributed by atoms with Crippen molar-refractivity contribution >= 4 is 5.91 Å². The summed E-state index contributed by atoms with van der Waals surface area (Å²) in [6.45, 7) is 8.27. The van der Waals surface area contributed by atoms with Crippen LogP contribution in [0.1, 0.15) is 37.7 Å². The molecule has 1 heterocycles. The number of nitrogens with zero attached hydrogens (tertiary/aromatic N) is 1. The van der Waals surface area contributed by atoms with Crippen molar-refractivity contribution in [1.82, 2.24) is 9.88 Å². The third-order valence-corrected chi connectivity index (χ3v) is 2.78.